The summed E-state index contributed by atoms with van der Waals surface area (Å²) in [6.07, 6.45) is 7.52. The third-order valence-electron chi connectivity index (χ3n) is 5.84. The van der Waals surface area contributed by atoms with Gasteiger partial charge in [-0.2, -0.15) is 0 Å². The van der Waals surface area contributed by atoms with Crippen molar-refractivity contribution in [2.75, 3.05) is 0 Å². The van der Waals surface area contributed by atoms with Gasteiger partial charge in [-0.15, -0.1) is 11.3 Å². The van der Waals surface area contributed by atoms with E-state index in [4.69, 9.17) is 4.43 Å². The van der Waals surface area contributed by atoms with Crippen molar-refractivity contribution in [3.8, 4) is 0 Å². The molecular formula is C21H36O2SSi. The lowest BCUT2D eigenvalue weighted by Gasteiger charge is -2.42. The highest BCUT2D eigenvalue weighted by Crippen LogP contribution is 2.35. The van der Waals surface area contributed by atoms with Gasteiger partial charge in [0.2, 0.25) is 0 Å². The molecule has 0 saturated carbocycles. The van der Waals surface area contributed by atoms with Crippen molar-refractivity contribution in [1.82, 2.24) is 0 Å². The molecule has 0 atom stereocenters. The first kappa shape index (κ1) is 22.3. The van der Waals surface area contributed by atoms with Crippen molar-refractivity contribution in [2.45, 2.75) is 91.0 Å². The Kier molecular flexibility index (Phi) is 9.32. The van der Waals surface area contributed by atoms with Gasteiger partial charge in [0.25, 0.3) is 0 Å². The van der Waals surface area contributed by atoms with Crippen LogP contribution in [0.5, 0.6) is 0 Å². The van der Waals surface area contributed by atoms with Gasteiger partial charge in [0.1, 0.15) is 0 Å². The summed E-state index contributed by atoms with van der Waals surface area (Å²) < 4.78 is 6.95. The fourth-order valence-electron chi connectivity index (χ4n) is 3.51. The standard InChI is InChI=1S/C21H36O2SSi/c1-7-21(8-2,23-25(9-3,10-4)11-5)16-12-13-18(6)20-15-14-19(17-22)24-20/h13-15,17H,7-12,16H2,1-6H3. The minimum Gasteiger partial charge on any atom is -0.411 e. The Labute approximate surface area is 159 Å². The zero-order chi connectivity index (χ0) is 18.9. The lowest BCUT2D eigenvalue weighted by molar-refractivity contribution is 0.0397. The van der Waals surface area contributed by atoms with Crippen LogP contribution >= 0.6 is 11.3 Å². The second-order valence-electron chi connectivity index (χ2n) is 6.98. The largest absolute Gasteiger partial charge is 0.411 e. The molecule has 0 N–H and O–H groups in total. The fourth-order valence-corrected chi connectivity index (χ4v) is 7.57. The Bertz CT molecular complexity index is 546. The third-order valence-corrected chi connectivity index (χ3v) is 11.7. The predicted molar refractivity (Wildman–Crippen MR) is 114 cm³/mol. The van der Waals surface area contributed by atoms with Crippen molar-refractivity contribution in [3.63, 3.8) is 0 Å². The first-order valence-electron chi connectivity index (χ1n) is 9.86. The molecule has 0 fully saturated rings. The summed E-state index contributed by atoms with van der Waals surface area (Å²) in [5.74, 6) is 0. The number of thiophene rings is 1. The Hall–Kier alpha value is -0.713. The van der Waals surface area contributed by atoms with Gasteiger partial charge in [-0.3, -0.25) is 4.79 Å². The second-order valence-corrected chi connectivity index (χ2v) is 12.8. The van der Waals surface area contributed by atoms with E-state index in [9.17, 15) is 4.79 Å². The van der Waals surface area contributed by atoms with Crippen LogP contribution in [0.3, 0.4) is 0 Å². The maximum absolute atomic E-state index is 10.9. The maximum Gasteiger partial charge on any atom is 0.192 e. The highest BCUT2D eigenvalue weighted by Gasteiger charge is 2.38. The molecule has 0 aliphatic rings. The van der Waals surface area contributed by atoms with Crippen molar-refractivity contribution in [1.29, 1.82) is 0 Å². The quantitative estimate of drug-likeness (QED) is 0.280. The minimum atomic E-state index is -1.59. The normalized spacial score (nSPS) is 13.3. The lowest BCUT2D eigenvalue weighted by Crippen LogP contribution is -2.46. The number of carbonyl (C=O) groups is 1. The predicted octanol–water partition coefficient (Wildman–Crippen LogP) is 7.32. The summed E-state index contributed by atoms with van der Waals surface area (Å²) in [5.41, 5.74) is 1.29. The zero-order valence-corrected chi connectivity index (χ0v) is 18.8. The zero-order valence-electron chi connectivity index (χ0n) is 17.0. The van der Waals surface area contributed by atoms with Crippen molar-refractivity contribution < 1.29 is 9.22 Å². The fraction of sp³-hybridized carbons (Fsp3) is 0.667. The van der Waals surface area contributed by atoms with E-state index < -0.39 is 8.32 Å². The van der Waals surface area contributed by atoms with Crippen molar-refractivity contribution in [2.24, 2.45) is 0 Å². The first-order chi connectivity index (χ1) is 11.9. The molecule has 4 heteroatoms. The molecule has 0 spiro atoms. The van der Waals surface area contributed by atoms with E-state index in [0.29, 0.717) is 0 Å². The Morgan fingerprint density at radius 1 is 1.12 bits per heavy atom. The molecule has 1 aromatic rings. The van der Waals surface area contributed by atoms with Gasteiger partial charge in [-0.1, -0.05) is 40.7 Å². The number of allylic oxidation sites excluding steroid dienone is 2. The molecule has 0 saturated heterocycles. The van der Waals surface area contributed by atoms with E-state index in [2.05, 4.69) is 47.6 Å². The van der Waals surface area contributed by atoms with Gasteiger partial charge in [0.05, 0.1) is 10.5 Å². The van der Waals surface area contributed by atoms with Crippen molar-refractivity contribution >= 4 is 31.5 Å². The number of rotatable bonds is 12. The van der Waals surface area contributed by atoms with E-state index in [1.807, 2.05) is 12.1 Å². The van der Waals surface area contributed by atoms with E-state index >= 15 is 0 Å². The summed E-state index contributed by atoms with van der Waals surface area (Å²) in [4.78, 5) is 12.9. The van der Waals surface area contributed by atoms with Crippen molar-refractivity contribution in [3.05, 3.63) is 28.0 Å². The molecule has 0 amide bonds. The van der Waals surface area contributed by atoms with E-state index in [0.717, 1.165) is 36.8 Å². The van der Waals surface area contributed by atoms with Crippen LogP contribution in [-0.4, -0.2) is 20.2 Å². The summed E-state index contributed by atoms with van der Waals surface area (Å²) in [6, 6.07) is 7.58. The van der Waals surface area contributed by atoms with Crippen LogP contribution < -0.4 is 0 Å². The average Bonchev–Trinajstić information content (AvgIpc) is 3.14. The molecule has 0 aliphatic heterocycles. The lowest BCUT2D eigenvalue weighted by atomic mass is 9.91. The molecule has 25 heavy (non-hydrogen) atoms. The van der Waals surface area contributed by atoms with Crippen LogP contribution in [-0.2, 0) is 4.43 Å². The summed E-state index contributed by atoms with van der Waals surface area (Å²) in [6.45, 7) is 13.6. The van der Waals surface area contributed by atoms with Gasteiger partial charge in [-0.05, 0) is 68.4 Å². The van der Waals surface area contributed by atoms with E-state index in [1.165, 1.54) is 28.6 Å². The van der Waals surface area contributed by atoms with Gasteiger partial charge in [0, 0.05) is 4.88 Å². The van der Waals surface area contributed by atoms with Gasteiger partial charge >= 0.3 is 0 Å². The maximum atomic E-state index is 10.9. The Morgan fingerprint density at radius 2 is 1.72 bits per heavy atom. The van der Waals surface area contributed by atoms with Crippen LogP contribution in [0.25, 0.3) is 5.57 Å². The third kappa shape index (κ3) is 5.90. The van der Waals surface area contributed by atoms with Crippen LogP contribution in [0.15, 0.2) is 18.2 Å². The highest BCUT2D eigenvalue weighted by atomic mass is 32.1. The molecule has 1 aromatic heterocycles. The number of carbonyl (C=O) groups excluding carboxylic acids is 1. The molecule has 1 rings (SSSR count). The Morgan fingerprint density at radius 3 is 2.16 bits per heavy atom. The monoisotopic (exact) mass is 380 g/mol. The SMILES string of the molecule is CCC(CC)(CCC=C(C)c1ccc(C=O)s1)O[Si](CC)(CC)CC. The van der Waals surface area contributed by atoms with E-state index in [1.54, 1.807) is 11.3 Å². The molecule has 1 heterocycles. The molecule has 0 unspecified atom stereocenters. The number of hydrogen-bond donors (Lipinski definition) is 0. The molecule has 0 aliphatic carbocycles. The number of hydrogen-bond acceptors (Lipinski definition) is 3. The summed E-state index contributed by atoms with van der Waals surface area (Å²) in [7, 11) is -1.59. The summed E-state index contributed by atoms with van der Waals surface area (Å²) in [5, 5.41) is 0. The molecule has 0 aromatic carbocycles. The molecular weight excluding hydrogens is 344 g/mol. The first-order valence-corrected chi connectivity index (χ1v) is 13.2. The highest BCUT2D eigenvalue weighted by molar-refractivity contribution is 7.14. The van der Waals surface area contributed by atoms with Crippen LogP contribution in [0.2, 0.25) is 18.1 Å². The minimum absolute atomic E-state index is 0.0223. The molecule has 0 radical (unpaired) electrons. The molecule has 142 valence electrons. The molecule has 2 nitrogen and oxygen atoms in total. The van der Waals surface area contributed by atoms with E-state index in [-0.39, 0.29) is 5.60 Å². The van der Waals surface area contributed by atoms with Crippen LogP contribution in [0, 0.1) is 0 Å². The summed E-state index contributed by atoms with van der Waals surface area (Å²) >= 11 is 1.57. The average molecular weight is 381 g/mol. The van der Waals surface area contributed by atoms with Crippen LogP contribution in [0.1, 0.15) is 81.8 Å². The van der Waals surface area contributed by atoms with Gasteiger partial charge < -0.3 is 4.43 Å². The van der Waals surface area contributed by atoms with Gasteiger partial charge in [-0.25, -0.2) is 0 Å². The topological polar surface area (TPSA) is 26.3 Å². The van der Waals surface area contributed by atoms with Gasteiger partial charge in [0.15, 0.2) is 14.6 Å². The Balaban J connectivity index is 2.83. The van der Waals surface area contributed by atoms with Crippen LogP contribution in [0.4, 0.5) is 0 Å². The second kappa shape index (κ2) is 10.4. The number of aldehydes is 1. The smallest absolute Gasteiger partial charge is 0.192 e. The molecule has 0 bridgehead atoms.